The Bertz CT molecular complexity index is 762. The standard InChI is InChI=1S/C23H28N2O.ClH/c1-17-8-10-18(11-9-17)12-13-22(26)25-15-20-14-24(2)23(21(20)16-25)19-6-4-3-5-7-19;/h3-11,20-21,23H,12-16H2,1-2H3;1H/t20-,21+,23-;/m0./s1. The summed E-state index contributed by atoms with van der Waals surface area (Å²) in [6, 6.07) is 19.7. The lowest BCUT2D eigenvalue weighted by atomic mass is 9.90. The molecule has 2 saturated heterocycles. The van der Waals surface area contributed by atoms with E-state index in [1.807, 2.05) is 0 Å². The fourth-order valence-electron chi connectivity index (χ4n) is 4.78. The number of nitrogens with zero attached hydrogens (tertiary/aromatic N) is 2. The van der Waals surface area contributed by atoms with Gasteiger partial charge in [0.05, 0.1) is 0 Å². The van der Waals surface area contributed by atoms with Gasteiger partial charge in [0, 0.05) is 38.0 Å². The lowest BCUT2D eigenvalue weighted by Gasteiger charge is -2.27. The minimum atomic E-state index is 0. The van der Waals surface area contributed by atoms with Crippen molar-refractivity contribution < 1.29 is 4.79 Å². The molecule has 144 valence electrons. The normalized spacial score (nSPS) is 24.5. The number of likely N-dealkylation sites (tertiary alicyclic amines) is 2. The van der Waals surface area contributed by atoms with Gasteiger partial charge >= 0.3 is 0 Å². The van der Waals surface area contributed by atoms with Gasteiger partial charge in [-0.15, -0.1) is 12.4 Å². The lowest BCUT2D eigenvalue weighted by Crippen LogP contribution is -2.33. The van der Waals surface area contributed by atoms with E-state index in [1.54, 1.807) is 0 Å². The molecule has 0 aliphatic carbocycles. The number of carbonyl (C=O) groups is 1. The maximum atomic E-state index is 12.8. The smallest absolute Gasteiger partial charge is 0.222 e. The van der Waals surface area contributed by atoms with Gasteiger partial charge in [-0.1, -0.05) is 60.2 Å². The molecule has 2 aliphatic rings. The molecule has 0 spiro atoms. The van der Waals surface area contributed by atoms with Crippen LogP contribution in [0.5, 0.6) is 0 Å². The highest BCUT2D eigenvalue weighted by Gasteiger charge is 2.46. The van der Waals surface area contributed by atoms with Crippen LogP contribution in [0.3, 0.4) is 0 Å². The summed E-state index contributed by atoms with van der Waals surface area (Å²) in [7, 11) is 2.22. The van der Waals surface area contributed by atoms with Gasteiger partial charge in [-0.3, -0.25) is 9.69 Å². The number of amides is 1. The quantitative estimate of drug-likeness (QED) is 0.791. The monoisotopic (exact) mass is 384 g/mol. The van der Waals surface area contributed by atoms with Crippen LogP contribution in [-0.2, 0) is 11.2 Å². The first-order valence-corrected chi connectivity index (χ1v) is 9.70. The summed E-state index contributed by atoms with van der Waals surface area (Å²) < 4.78 is 0. The van der Waals surface area contributed by atoms with E-state index in [0.717, 1.165) is 26.1 Å². The van der Waals surface area contributed by atoms with Crippen LogP contribution in [0.2, 0.25) is 0 Å². The molecular formula is C23H29ClN2O. The van der Waals surface area contributed by atoms with Crippen LogP contribution in [0.1, 0.15) is 29.2 Å². The van der Waals surface area contributed by atoms with E-state index in [9.17, 15) is 4.79 Å². The van der Waals surface area contributed by atoms with Gasteiger partial charge < -0.3 is 4.90 Å². The number of carbonyl (C=O) groups excluding carboxylic acids is 1. The Morgan fingerprint density at radius 2 is 1.70 bits per heavy atom. The van der Waals surface area contributed by atoms with E-state index >= 15 is 0 Å². The topological polar surface area (TPSA) is 23.6 Å². The van der Waals surface area contributed by atoms with E-state index < -0.39 is 0 Å². The predicted octanol–water partition coefficient (Wildman–Crippen LogP) is 4.11. The number of benzene rings is 2. The van der Waals surface area contributed by atoms with Crippen LogP contribution in [0.15, 0.2) is 54.6 Å². The Labute approximate surface area is 168 Å². The molecular weight excluding hydrogens is 356 g/mol. The van der Waals surface area contributed by atoms with Gasteiger partial charge in [-0.2, -0.15) is 0 Å². The number of aryl methyl sites for hydroxylation is 2. The number of fused-ring (bicyclic) bond motifs is 1. The highest BCUT2D eigenvalue weighted by Crippen LogP contribution is 2.44. The van der Waals surface area contributed by atoms with Crippen LogP contribution in [-0.4, -0.2) is 42.4 Å². The molecule has 3 nitrogen and oxygen atoms in total. The van der Waals surface area contributed by atoms with Gasteiger partial charge in [0.15, 0.2) is 0 Å². The van der Waals surface area contributed by atoms with E-state index in [-0.39, 0.29) is 12.4 Å². The molecule has 0 bridgehead atoms. The number of hydrogen-bond acceptors (Lipinski definition) is 2. The van der Waals surface area contributed by atoms with Crippen molar-refractivity contribution in [1.82, 2.24) is 9.80 Å². The largest absolute Gasteiger partial charge is 0.342 e. The van der Waals surface area contributed by atoms with Gasteiger partial charge in [0.25, 0.3) is 0 Å². The average Bonchev–Trinajstić information content (AvgIpc) is 3.18. The highest BCUT2D eigenvalue weighted by molar-refractivity contribution is 5.85. The highest BCUT2D eigenvalue weighted by atomic mass is 35.5. The molecule has 4 rings (SSSR count). The third kappa shape index (κ3) is 4.20. The summed E-state index contributed by atoms with van der Waals surface area (Å²) in [5.41, 5.74) is 3.91. The summed E-state index contributed by atoms with van der Waals surface area (Å²) in [5.74, 6) is 1.48. The molecule has 2 heterocycles. The van der Waals surface area contributed by atoms with Gasteiger partial charge in [0.2, 0.25) is 5.91 Å². The average molecular weight is 385 g/mol. The van der Waals surface area contributed by atoms with Crippen molar-refractivity contribution >= 4 is 18.3 Å². The van der Waals surface area contributed by atoms with E-state index in [4.69, 9.17) is 0 Å². The van der Waals surface area contributed by atoms with Crippen LogP contribution < -0.4 is 0 Å². The third-order valence-corrected chi connectivity index (χ3v) is 6.14. The molecule has 0 radical (unpaired) electrons. The van der Waals surface area contributed by atoms with Crippen molar-refractivity contribution in [1.29, 1.82) is 0 Å². The molecule has 3 atom stereocenters. The zero-order valence-corrected chi connectivity index (χ0v) is 17.0. The zero-order valence-electron chi connectivity index (χ0n) is 16.2. The van der Waals surface area contributed by atoms with Crippen molar-refractivity contribution in [3.63, 3.8) is 0 Å². The summed E-state index contributed by atoms with van der Waals surface area (Å²) >= 11 is 0. The zero-order chi connectivity index (χ0) is 18.1. The fourth-order valence-corrected chi connectivity index (χ4v) is 4.78. The summed E-state index contributed by atoms with van der Waals surface area (Å²) in [4.78, 5) is 17.3. The third-order valence-electron chi connectivity index (χ3n) is 6.14. The van der Waals surface area contributed by atoms with Crippen molar-refractivity contribution in [3.05, 3.63) is 71.3 Å². The Balaban J connectivity index is 0.00000210. The maximum absolute atomic E-state index is 12.8. The first kappa shape index (κ1) is 19.9. The van der Waals surface area contributed by atoms with E-state index in [1.165, 1.54) is 16.7 Å². The van der Waals surface area contributed by atoms with Crippen molar-refractivity contribution in [2.24, 2.45) is 11.8 Å². The predicted molar refractivity (Wildman–Crippen MR) is 112 cm³/mol. The molecule has 27 heavy (non-hydrogen) atoms. The molecule has 0 saturated carbocycles. The molecule has 2 fully saturated rings. The Hall–Kier alpha value is -1.84. The molecule has 4 heteroatoms. The molecule has 1 amide bonds. The van der Waals surface area contributed by atoms with Crippen LogP contribution in [0.25, 0.3) is 0 Å². The number of rotatable bonds is 4. The van der Waals surface area contributed by atoms with Gasteiger partial charge in [-0.25, -0.2) is 0 Å². The summed E-state index contributed by atoms with van der Waals surface area (Å²) in [5, 5.41) is 0. The summed E-state index contributed by atoms with van der Waals surface area (Å²) in [6.45, 7) is 5.01. The second-order valence-electron chi connectivity index (χ2n) is 8.00. The van der Waals surface area contributed by atoms with E-state index in [2.05, 4.69) is 78.4 Å². The van der Waals surface area contributed by atoms with Gasteiger partial charge in [-0.05, 0) is 37.4 Å². The van der Waals surface area contributed by atoms with Gasteiger partial charge in [0.1, 0.15) is 0 Å². The number of hydrogen-bond donors (Lipinski definition) is 0. The first-order chi connectivity index (χ1) is 12.6. The molecule has 2 aromatic rings. The maximum Gasteiger partial charge on any atom is 0.222 e. The van der Waals surface area contributed by atoms with E-state index in [0.29, 0.717) is 30.2 Å². The number of halogens is 1. The molecule has 0 aromatic heterocycles. The van der Waals surface area contributed by atoms with Crippen molar-refractivity contribution in [3.8, 4) is 0 Å². The van der Waals surface area contributed by atoms with Crippen LogP contribution in [0, 0.1) is 18.8 Å². The first-order valence-electron chi connectivity index (χ1n) is 9.70. The van der Waals surface area contributed by atoms with Crippen LogP contribution in [0.4, 0.5) is 0 Å². The van der Waals surface area contributed by atoms with Crippen molar-refractivity contribution in [2.45, 2.75) is 25.8 Å². The molecule has 0 unspecified atom stereocenters. The molecule has 2 aliphatic heterocycles. The fraction of sp³-hybridized carbons (Fsp3) is 0.435. The second-order valence-corrected chi connectivity index (χ2v) is 8.00. The molecule has 0 N–H and O–H groups in total. The van der Waals surface area contributed by atoms with Crippen molar-refractivity contribution in [2.75, 3.05) is 26.7 Å². The Kier molecular flexibility index (Phi) is 6.23. The Morgan fingerprint density at radius 3 is 2.41 bits per heavy atom. The lowest BCUT2D eigenvalue weighted by molar-refractivity contribution is -0.130. The minimum absolute atomic E-state index is 0. The molecule has 2 aromatic carbocycles. The Morgan fingerprint density at radius 1 is 1.00 bits per heavy atom. The minimum Gasteiger partial charge on any atom is -0.342 e. The SMILES string of the molecule is Cc1ccc(CCC(=O)N2C[C@@H]3CN(C)[C@@H](c4ccccc4)[C@@H]3C2)cc1.Cl. The summed E-state index contributed by atoms with van der Waals surface area (Å²) in [6.07, 6.45) is 1.46. The van der Waals surface area contributed by atoms with Crippen LogP contribution >= 0.6 is 12.4 Å². The second kappa shape index (κ2) is 8.45.